The van der Waals surface area contributed by atoms with Gasteiger partial charge in [-0.05, 0) is 34.6 Å². The lowest BCUT2D eigenvalue weighted by Gasteiger charge is -2.38. The van der Waals surface area contributed by atoms with Gasteiger partial charge in [-0.15, -0.1) is 0 Å². The number of aryl methyl sites for hydroxylation is 4. The van der Waals surface area contributed by atoms with Crippen LogP contribution in [0, 0.1) is 27.7 Å². The first-order valence-corrected chi connectivity index (χ1v) is 12.2. The molecule has 0 radical (unpaired) electrons. The van der Waals surface area contributed by atoms with Gasteiger partial charge in [0.05, 0.1) is 22.8 Å². The molecule has 0 amide bonds. The zero-order valence-corrected chi connectivity index (χ0v) is 19.5. The maximum atomic E-state index is 13.3. The molecule has 0 N–H and O–H groups in total. The number of piperazine rings is 1. The molecule has 2 aromatic heterocycles. The summed E-state index contributed by atoms with van der Waals surface area (Å²) in [4.78, 5) is 0.393. The number of hydrogen-bond acceptors (Lipinski definition) is 6. The van der Waals surface area contributed by atoms with Crippen molar-refractivity contribution >= 4 is 20.0 Å². The van der Waals surface area contributed by atoms with Crippen molar-refractivity contribution in [1.82, 2.24) is 28.2 Å². The summed E-state index contributed by atoms with van der Waals surface area (Å²) >= 11 is 0. The van der Waals surface area contributed by atoms with Gasteiger partial charge in [0, 0.05) is 39.8 Å². The van der Waals surface area contributed by atoms with Crippen molar-refractivity contribution in [3.8, 4) is 0 Å². The fourth-order valence-corrected chi connectivity index (χ4v) is 7.91. The lowest BCUT2D eigenvalue weighted by molar-refractivity contribution is 0.212. The zero-order chi connectivity index (χ0) is 21.9. The van der Waals surface area contributed by atoms with Crippen LogP contribution in [0.1, 0.15) is 29.7 Å². The predicted octanol–water partition coefficient (Wildman–Crippen LogP) is 0.471. The molecule has 1 saturated heterocycles. The molecule has 0 aliphatic carbocycles. The van der Waals surface area contributed by atoms with Gasteiger partial charge < -0.3 is 0 Å². The van der Waals surface area contributed by atoms with E-state index in [-0.39, 0.29) is 29.4 Å². The Morgan fingerprint density at radius 1 is 0.793 bits per heavy atom. The summed E-state index contributed by atoms with van der Waals surface area (Å²) in [7, 11) is -4.15. The van der Waals surface area contributed by atoms with Crippen molar-refractivity contribution < 1.29 is 16.8 Å². The number of hydrogen-bond donors (Lipinski definition) is 0. The fraction of sp³-hybridized carbons (Fsp3) is 0.647. The van der Waals surface area contributed by atoms with Crippen molar-refractivity contribution in [3.05, 3.63) is 22.8 Å². The van der Waals surface area contributed by atoms with Crippen molar-refractivity contribution in [3.63, 3.8) is 0 Å². The van der Waals surface area contributed by atoms with E-state index >= 15 is 0 Å². The third-order valence-electron chi connectivity index (χ3n) is 5.58. The normalized spacial score (nSPS) is 19.8. The van der Waals surface area contributed by atoms with Gasteiger partial charge in [-0.3, -0.25) is 9.36 Å². The Morgan fingerprint density at radius 3 is 1.62 bits per heavy atom. The average molecular weight is 445 g/mol. The first kappa shape index (κ1) is 21.9. The van der Waals surface area contributed by atoms with Crippen LogP contribution in [0.3, 0.4) is 0 Å². The summed E-state index contributed by atoms with van der Waals surface area (Å²) in [5, 5.41) is 8.41. The largest absolute Gasteiger partial charge is 0.271 e. The van der Waals surface area contributed by atoms with Gasteiger partial charge in [0.25, 0.3) is 0 Å². The molecule has 3 rings (SSSR count). The maximum Gasteiger partial charge on any atom is 0.247 e. The third-order valence-corrected chi connectivity index (χ3v) is 9.96. The van der Waals surface area contributed by atoms with Gasteiger partial charge in [-0.1, -0.05) is 0 Å². The molecule has 29 heavy (non-hydrogen) atoms. The number of rotatable bonds is 4. The van der Waals surface area contributed by atoms with Gasteiger partial charge >= 0.3 is 0 Å². The highest BCUT2D eigenvalue weighted by atomic mass is 32.2. The third kappa shape index (κ3) is 3.41. The van der Waals surface area contributed by atoms with Gasteiger partial charge in [-0.25, -0.2) is 16.8 Å². The second-order valence-electron chi connectivity index (χ2n) is 7.57. The van der Waals surface area contributed by atoms with E-state index in [1.165, 1.54) is 8.61 Å². The van der Waals surface area contributed by atoms with Crippen LogP contribution in [0.5, 0.6) is 0 Å². The summed E-state index contributed by atoms with van der Waals surface area (Å²) in [6, 6.07) is -0.514. The first-order valence-electron chi connectivity index (χ1n) is 9.32. The lowest BCUT2D eigenvalue weighted by Crippen LogP contribution is -2.55. The molecule has 1 aliphatic rings. The monoisotopic (exact) mass is 444 g/mol. The highest BCUT2D eigenvalue weighted by Gasteiger charge is 2.41. The van der Waals surface area contributed by atoms with E-state index in [2.05, 4.69) is 10.2 Å². The Kier molecular flexibility index (Phi) is 5.43. The molecule has 2 aromatic rings. The summed E-state index contributed by atoms with van der Waals surface area (Å²) in [5.41, 5.74) is 2.00. The lowest BCUT2D eigenvalue weighted by atomic mass is 10.3. The minimum absolute atomic E-state index is 0.0771. The molecule has 12 heteroatoms. The molecular formula is C17H28N6O4S2. The van der Waals surface area contributed by atoms with Crippen LogP contribution in [0.25, 0.3) is 0 Å². The van der Waals surface area contributed by atoms with Gasteiger partial charge in [0.2, 0.25) is 20.0 Å². The van der Waals surface area contributed by atoms with E-state index in [0.717, 1.165) is 0 Å². The van der Waals surface area contributed by atoms with Crippen LogP contribution in [0.2, 0.25) is 0 Å². The molecule has 1 unspecified atom stereocenters. The Bertz CT molecular complexity index is 1160. The Labute approximate surface area is 172 Å². The quantitative estimate of drug-likeness (QED) is 0.678. The smallest absolute Gasteiger partial charge is 0.247 e. The Morgan fingerprint density at radius 2 is 1.24 bits per heavy atom. The van der Waals surface area contributed by atoms with Crippen molar-refractivity contribution in [2.24, 2.45) is 14.1 Å². The zero-order valence-electron chi connectivity index (χ0n) is 17.8. The van der Waals surface area contributed by atoms with Crippen LogP contribution >= 0.6 is 0 Å². The molecule has 1 atom stereocenters. The van der Waals surface area contributed by atoms with Crippen LogP contribution in [-0.4, -0.2) is 70.7 Å². The summed E-state index contributed by atoms with van der Waals surface area (Å²) < 4.78 is 58.8. The van der Waals surface area contributed by atoms with Gasteiger partial charge in [-0.2, -0.15) is 18.8 Å². The van der Waals surface area contributed by atoms with E-state index in [9.17, 15) is 16.8 Å². The molecule has 1 aliphatic heterocycles. The Hall–Kier alpha value is -1.76. The Balaban J connectivity index is 1.91. The number of sulfonamides is 2. The number of aromatic nitrogens is 4. The van der Waals surface area contributed by atoms with Gasteiger partial charge in [0.1, 0.15) is 9.79 Å². The first-order chi connectivity index (χ1) is 13.3. The van der Waals surface area contributed by atoms with Crippen molar-refractivity contribution in [2.45, 2.75) is 50.5 Å². The highest BCUT2D eigenvalue weighted by molar-refractivity contribution is 7.89. The number of nitrogens with zero attached hydrogens (tertiary/aromatic N) is 6. The molecule has 162 valence electrons. The van der Waals surface area contributed by atoms with Gasteiger partial charge in [0.15, 0.2) is 0 Å². The second-order valence-corrected chi connectivity index (χ2v) is 11.3. The molecular weight excluding hydrogens is 416 g/mol. The van der Waals surface area contributed by atoms with E-state index in [1.54, 1.807) is 58.1 Å². The molecule has 0 saturated carbocycles. The van der Waals surface area contributed by atoms with Crippen molar-refractivity contribution in [1.29, 1.82) is 0 Å². The summed E-state index contributed by atoms with van der Waals surface area (Å²) in [5.74, 6) is 0. The standard InChI is InChI=1S/C17H28N6O4S2/c1-11-10-22(28(24,25)16-12(2)18-20(6)14(16)4)8-9-23(11)29(26,27)17-13(3)19-21(7)15(17)5/h11H,8-10H2,1-7H3. The fourth-order valence-electron chi connectivity index (χ4n) is 3.98. The van der Waals surface area contributed by atoms with Crippen LogP contribution < -0.4 is 0 Å². The molecule has 10 nitrogen and oxygen atoms in total. The summed E-state index contributed by atoms with van der Waals surface area (Å²) in [6.45, 7) is 8.72. The second kappa shape index (κ2) is 7.18. The van der Waals surface area contributed by atoms with Crippen LogP contribution in [0.15, 0.2) is 9.79 Å². The van der Waals surface area contributed by atoms with E-state index < -0.39 is 26.1 Å². The molecule has 0 aromatic carbocycles. The average Bonchev–Trinajstić information content (AvgIpc) is 3.01. The minimum Gasteiger partial charge on any atom is -0.271 e. The topological polar surface area (TPSA) is 110 Å². The van der Waals surface area contributed by atoms with Crippen LogP contribution in [-0.2, 0) is 34.1 Å². The molecule has 0 spiro atoms. The minimum atomic E-state index is -3.79. The molecule has 3 heterocycles. The maximum absolute atomic E-state index is 13.3. The van der Waals surface area contributed by atoms with E-state index in [0.29, 0.717) is 22.8 Å². The summed E-state index contributed by atoms with van der Waals surface area (Å²) in [6.07, 6.45) is 0. The van der Waals surface area contributed by atoms with E-state index in [4.69, 9.17) is 0 Å². The molecule has 1 fully saturated rings. The molecule has 0 bridgehead atoms. The highest BCUT2D eigenvalue weighted by Crippen LogP contribution is 2.29. The SMILES string of the molecule is Cc1nn(C)c(C)c1S(=O)(=O)N1CCN(S(=O)(=O)c2c(C)nn(C)c2C)C(C)C1. The van der Waals surface area contributed by atoms with Crippen molar-refractivity contribution in [2.75, 3.05) is 19.6 Å². The van der Waals surface area contributed by atoms with Crippen LogP contribution in [0.4, 0.5) is 0 Å². The predicted molar refractivity (Wildman–Crippen MR) is 107 cm³/mol. The van der Waals surface area contributed by atoms with E-state index in [1.807, 2.05) is 0 Å².